The van der Waals surface area contributed by atoms with Gasteiger partial charge in [-0.15, -0.1) is 0 Å². The molecule has 0 amide bonds. The van der Waals surface area contributed by atoms with Crippen LogP contribution in [0.5, 0.6) is 0 Å². The van der Waals surface area contributed by atoms with Gasteiger partial charge < -0.3 is 10.1 Å². The quantitative estimate of drug-likeness (QED) is 0.574. The zero-order chi connectivity index (χ0) is 13.9. The molecule has 0 rings (SSSR count). The SMILES string of the molecule is CCCCCC(C)NCCOCCCC(F)(F)F. The minimum atomic E-state index is -4.06. The first-order chi connectivity index (χ1) is 8.45. The third-order valence-corrected chi connectivity index (χ3v) is 2.73. The number of rotatable bonds is 11. The Morgan fingerprint density at radius 1 is 1.11 bits per heavy atom. The van der Waals surface area contributed by atoms with E-state index in [1.807, 2.05) is 0 Å². The number of ether oxygens (including phenoxy) is 1. The highest BCUT2D eigenvalue weighted by Gasteiger charge is 2.25. The summed E-state index contributed by atoms with van der Waals surface area (Å²) in [7, 11) is 0. The Morgan fingerprint density at radius 3 is 2.44 bits per heavy atom. The molecule has 0 aromatic carbocycles. The number of unbranched alkanes of at least 4 members (excludes halogenated alkanes) is 2. The van der Waals surface area contributed by atoms with E-state index in [1.165, 1.54) is 19.3 Å². The fourth-order valence-corrected chi connectivity index (χ4v) is 1.66. The van der Waals surface area contributed by atoms with Crippen LogP contribution in [0.3, 0.4) is 0 Å². The molecule has 0 fully saturated rings. The number of hydrogen-bond acceptors (Lipinski definition) is 2. The van der Waals surface area contributed by atoms with Gasteiger partial charge in [0.1, 0.15) is 0 Å². The summed E-state index contributed by atoms with van der Waals surface area (Å²) in [4.78, 5) is 0. The van der Waals surface area contributed by atoms with Gasteiger partial charge in [-0.3, -0.25) is 0 Å². The van der Waals surface area contributed by atoms with Gasteiger partial charge in [0, 0.05) is 25.6 Å². The van der Waals surface area contributed by atoms with Gasteiger partial charge in [-0.2, -0.15) is 13.2 Å². The average molecular weight is 269 g/mol. The lowest BCUT2D eigenvalue weighted by Crippen LogP contribution is -2.29. The van der Waals surface area contributed by atoms with Gasteiger partial charge in [-0.25, -0.2) is 0 Å². The zero-order valence-corrected chi connectivity index (χ0v) is 11.5. The van der Waals surface area contributed by atoms with Crippen LogP contribution in [0.2, 0.25) is 0 Å². The standard InChI is InChI=1S/C13H26F3NO/c1-3-4-5-7-12(2)17-9-11-18-10-6-8-13(14,15)16/h12,17H,3-11H2,1-2H3. The number of alkyl halides is 3. The third kappa shape index (κ3) is 13.8. The fraction of sp³-hybridized carbons (Fsp3) is 1.00. The summed E-state index contributed by atoms with van der Waals surface area (Å²) >= 11 is 0. The Labute approximate surface area is 108 Å². The van der Waals surface area contributed by atoms with Crippen molar-refractivity contribution in [3.63, 3.8) is 0 Å². The van der Waals surface area contributed by atoms with Crippen LogP contribution in [-0.2, 0) is 4.74 Å². The van der Waals surface area contributed by atoms with Crippen LogP contribution < -0.4 is 5.32 Å². The Morgan fingerprint density at radius 2 is 1.83 bits per heavy atom. The van der Waals surface area contributed by atoms with Crippen LogP contribution >= 0.6 is 0 Å². The summed E-state index contributed by atoms with van der Waals surface area (Å²) in [6, 6.07) is 0.454. The minimum absolute atomic E-state index is 0.0511. The van der Waals surface area contributed by atoms with Crippen LogP contribution in [0.1, 0.15) is 52.4 Å². The summed E-state index contributed by atoms with van der Waals surface area (Å²) in [6.45, 7) is 5.67. The van der Waals surface area contributed by atoms with Crippen LogP contribution in [0.15, 0.2) is 0 Å². The molecule has 1 atom stereocenters. The lowest BCUT2D eigenvalue weighted by Gasteiger charge is -2.13. The molecule has 0 saturated heterocycles. The predicted molar refractivity (Wildman–Crippen MR) is 67.7 cm³/mol. The van der Waals surface area contributed by atoms with Gasteiger partial charge in [0.25, 0.3) is 0 Å². The van der Waals surface area contributed by atoms with Gasteiger partial charge in [0.05, 0.1) is 6.61 Å². The maximum atomic E-state index is 11.8. The van der Waals surface area contributed by atoms with Crippen molar-refractivity contribution in [3.8, 4) is 0 Å². The highest BCUT2D eigenvalue weighted by molar-refractivity contribution is 4.60. The van der Waals surface area contributed by atoms with Crippen molar-refractivity contribution in [2.24, 2.45) is 0 Å². The molecule has 0 aromatic rings. The lowest BCUT2D eigenvalue weighted by atomic mass is 10.1. The minimum Gasteiger partial charge on any atom is -0.380 e. The molecule has 5 heteroatoms. The molecule has 0 heterocycles. The largest absolute Gasteiger partial charge is 0.389 e. The second kappa shape index (κ2) is 10.6. The molecule has 0 aromatic heterocycles. The molecule has 0 radical (unpaired) electrons. The number of hydrogen-bond donors (Lipinski definition) is 1. The van der Waals surface area contributed by atoms with Crippen molar-refractivity contribution in [2.45, 2.75) is 64.6 Å². The molecule has 0 aliphatic heterocycles. The van der Waals surface area contributed by atoms with E-state index in [2.05, 4.69) is 19.2 Å². The van der Waals surface area contributed by atoms with E-state index < -0.39 is 12.6 Å². The molecule has 110 valence electrons. The number of nitrogens with one attached hydrogen (secondary N) is 1. The Hall–Kier alpha value is -0.290. The monoisotopic (exact) mass is 269 g/mol. The predicted octanol–water partition coefficient (Wildman–Crippen LogP) is 3.90. The lowest BCUT2D eigenvalue weighted by molar-refractivity contribution is -0.137. The highest BCUT2D eigenvalue weighted by atomic mass is 19.4. The van der Waals surface area contributed by atoms with Crippen molar-refractivity contribution in [3.05, 3.63) is 0 Å². The Balaban J connectivity index is 3.20. The van der Waals surface area contributed by atoms with Crippen molar-refractivity contribution < 1.29 is 17.9 Å². The zero-order valence-electron chi connectivity index (χ0n) is 11.5. The van der Waals surface area contributed by atoms with E-state index in [0.29, 0.717) is 19.2 Å². The molecular weight excluding hydrogens is 243 g/mol. The van der Waals surface area contributed by atoms with Crippen molar-refractivity contribution >= 4 is 0 Å². The van der Waals surface area contributed by atoms with E-state index >= 15 is 0 Å². The van der Waals surface area contributed by atoms with Crippen molar-refractivity contribution in [2.75, 3.05) is 19.8 Å². The smallest absolute Gasteiger partial charge is 0.380 e. The van der Waals surface area contributed by atoms with E-state index in [1.54, 1.807) is 0 Å². The topological polar surface area (TPSA) is 21.3 Å². The van der Waals surface area contributed by atoms with E-state index in [9.17, 15) is 13.2 Å². The first-order valence-electron chi connectivity index (χ1n) is 6.83. The van der Waals surface area contributed by atoms with Gasteiger partial charge >= 0.3 is 6.18 Å². The maximum Gasteiger partial charge on any atom is 0.389 e. The molecule has 0 bridgehead atoms. The van der Waals surface area contributed by atoms with Crippen LogP contribution in [0.25, 0.3) is 0 Å². The summed E-state index contributed by atoms with van der Waals surface area (Å²) in [5.41, 5.74) is 0. The molecule has 2 nitrogen and oxygen atoms in total. The Kier molecular flexibility index (Phi) is 10.4. The van der Waals surface area contributed by atoms with E-state index in [0.717, 1.165) is 6.42 Å². The van der Waals surface area contributed by atoms with Gasteiger partial charge in [0.15, 0.2) is 0 Å². The molecule has 0 saturated carbocycles. The second-order valence-electron chi connectivity index (χ2n) is 4.68. The summed E-state index contributed by atoms with van der Waals surface area (Å²) in [5, 5.41) is 3.30. The summed E-state index contributed by atoms with van der Waals surface area (Å²) < 4.78 is 40.6. The van der Waals surface area contributed by atoms with Crippen LogP contribution in [-0.4, -0.2) is 32.0 Å². The molecule has 1 unspecified atom stereocenters. The molecule has 0 aliphatic rings. The van der Waals surface area contributed by atoms with Crippen molar-refractivity contribution in [1.29, 1.82) is 0 Å². The normalized spacial score (nSPS) is 13.8. The van der Waals surface area contributed by atoms with Crippen LogP contribution in [0.4, 0.5) is 13.2 Å². The van der Waals surface area contributed by atoms with Gasteiger partial charge in [0.2, 0.25) is 0 Å². The van der Waals surface area contributed by atoms with Crippen LogP contribution in [0, 0.1) is 0 Å². The molecule has 18 heavy (non-hydrogen) atoms. The van der Waals surface area contributed by atoms with Crippen molar-refractivity contribution in [1.82, 2.24) is 5.32 Å². The van der Waals surface area contributed by atoms with Gasteiger partial charge in [-0.1, -0.05) is 26.2 Å². The average Bonchev–Trinajstić information content (AvgIpc) is 2.26. The molecule has 0 spiro atoms. The summed E-state index contributed by atoms with van der Waals surface area (Å²) in [5.74, 6) is 0. The van der Waals surface area contributed by atoms with E-state index in [4.69, 9.17) is 4.74 Å². The summed E-state index contributed by atoms with van der Waals surface area (Å²) in [6.07, 6.45) is 0.0623. The van der Waals surface area contributed by atoms with Gasteiger partial charge in [-0.05, 0) is 19.8 Å². The maximum absolute atomic E-state index is 11.8. The fourth-order valence-electron chi connectivity index (χ4n) is 1.66. The third-order valence-electron chi connectivity index (χ3n) is 2.73. The second-order valence-corrected chi connectivity index (χ2v) is 4.68. The van der Waals surface area contributed by atoms with E-state index in [-0.39, 0.29) is 13.0 Å². The number of halogens is 3. The molecule has 0 aliphatic carbocycles. The molecule has 1 N–H and O–H groups in total. The highest BCUT2D eigenvalue weighted by Crippen LogP contribution is 2.20. The first-order valence-corrected chi connectivity index (χ1v) is 6.83. The Bertz CT molecular complexity index is 186. The molecular formula is C13H26F3NO. The first kappa shape index (κ1) is 17.7.